The van der Waals surface area contributed by atoms with E-state index in [1.807, 2.05) is 6.55 Å². The zero-order chi connectivity index (χ0) is 16.9. The summed E-state index contributed by atoms with van der Waals surface area (Å²) in [4.78, 5) is 2.93. The van der Waals surface area contributed by atoms with E-state index in [-0.39, 0.29) is 0 Å². The van der Waals surface area contributed by atoms with Gasteiger partial charge in [0.15, 0.2) is 16.6 Å². The van der Waals surface area contributed by atoms with Gasteiger partial charge in [-0.15, -0.1) is 0 Å². The van der Waals surface area contributed by atoms with Gasteiger partial charge in [0.2, 0.25) is 0 Å². The minimum atomic E-state index is -2.80. The molecule has 7 nitrogen and oxygen atoms in total. The lowest BCUT2D eigenvalue weighted by Crippen LogP contribution is -2.62. The third-order valence-electron chi connectivity index (χ3n) is 2.51. The number of azide groups is 1. The fraction of sp³-hybridized carbons (Fsp3) is 1.00. The van der Waals surface area contributed by atoms with Crippen molar-refractivity contribution >= 4 is 25.2 Å². The molecule has 0 amide bonds. The Balaban J connectivity index is 5.63. The molecule has 0 aromatic carbocycles. The quantitative estimate of drug-likeness (QED) is 0.226. The molecule has 0 heterocycles. The molecule has 0 saturated heterocycles. The molecule has 0 aromatic heterocycles. The molecule has 0 aliphatic rings. The van der Waals surface area contributed by atoms with Crippen molar-refractivity contribution in [3.05, 3.63) is 10.4 Å². The van der Waals surface area contributed by atoms with E-state index in [0.717, 1.165) is 0 Å². The number of hydrogen-bond donors (Lipinski definition) is 1. The van der Waals surface area contributed by atoms with E-state index >= 15 is 0 Å². The first-order chi connectivity index (χ1) is 9.34. The van der Waals surface area contributed by atoms with Crippen LogP contribution in [0.4, 0.5) is 0 Å². The van der Waals surface area contributed by atoms with Crippen LogP contribution in [0.15, 0.2) is 5.11 Å². The summed E-state index contributed by atoms with van der Waals surface area (Å²) in [5.74, 6) is 0. The molecule has 0 radical (unpaired) electrons. The van der Waals surface area contributed by atoms with Crippen LogP contribution in [0.3, 0.4) is 0 Å². The number of rotatable bonds is 9. The van der Waals surface area contributed by atoms with Crippen molar-refractivity contribution in [1.82, 2.24) is 0 Å². The Morgan fingerprint density at radius 3 is 1.76 bits per heavy atom. The Kier molecular flexibility index (Phi) is 7.81. The summed E-state index contributed by atoms with van der Waals surface area (Å²) in [6.45, 7) is 15.7. The molecule has 2 unspecified atom stereocenters. The van der Waals surface area contributed by atoms with Gasteiger partial charge in [-0.25, -0.2) is 0 Å². The third-order valence-corrected chi connectivity index (χ3v) is 12.3. The average Bonchev–Trinajstić information content (AvgIpc) is 2.20. The van der Waals surface area contributed by atoms with E-state index in [1.165, 1.54) is 0 Å². The Morgan fingerprint density at radius 2 is 1.48 bits per heavy atom. The summed E-state index contributed by atoms with van der Waals surface area (Å²) in [7, 11) is -6.59. The molecule has 0 aliphatic carbocycles. The first kappa shape index (κ1) is 20.8. The highest BCUT2D eigenvalue weighted by atomic mass is 28.5. The molecule has 1 N–H and O–H groups in total. The van der Waals surface area contributed by atoms with Crippen LogP contribution in [0.5, 0.6) is 0 Å². The summed E-state index contributed by atoms with van der Waals surface area (Å²) in [6, 6.07) is 0. The van der Waals surface area contributed by atoms with Crippen LogP contribution in [-0.2, 0) is 13.0 Å². The number of ether oxygens (including phenoxy) is 1. The lowest BCUT2D eigenvalue weighted by Gasteiger charge is -2.43. The molecule has 0 aromatic rings. The molecular formula is C11H29N3O4Si3. The molecule has 0 rings (SSSR count). The van der Waals surface area contributed by atoms with Gasteiger partial charge in [-0.05, 0) is 58.3 Å². The molecule has 124 valence electrons. The molecule has 0 saturated carbocycles. The SMILES string of the molecule is CC(OCO)C(N=[N+]=[N-])[Si](C)(O[Si](C)(C)C)O[Si](C)(C)C. The Labute approximate surface area is 130 Å². The van der Waals surface area contributed by atoms with Gasteiger partial charge >= 0.3 is 8.56 Å². The van der Waals surface area contributed by atoms with Crippen LogP contribution in [0.2, 0.25) is 45.8 Å². The molecule has 0 spiro atoms. The zero-order valence-corrected chi connectivity index (χ0v) is 17.4. The van der Waals surface area contributed by atoms with Gasteiger partial charge < -0.3 is 18.1 Å². The standard InChI is InChI=1S/C11H29N3O4Si3/c1-10(16-9-15)11(13-14-12)21(8,17-19(2,3)4)18-20(5,6)7/h10-11,15H,9H2,1-8H3. The first-order valence-corrected chi connectivity index (χ1v) is 16.2. The van der Waals surface area contributed by atoms with Gasteiger partial charge in [-0.3, -0.25) is 0 Å². The number of nitrogens with zero attached hydrogens (tertiary/aromatic N) is 3. The minimum absolute atomic E-state index is 0.428. The lowest BCUT2D eigenvalue weighted by atomic mass is 10.4. The number of aliphatic hydroxyl groups is 1. The van der Waals surface area contributed by atoms with Crippen LogP contribution in [0.25, 0.3) is 10.4 Å². The average molecular weight is 352 g/mol. The Hall–Kier alpha value is -0.199. The highest BCUT2D eigenvalue weighted by Gasteiger charge is 2.49. The third kappa shape index (κ3) is 8.12. The number of aliphatic hydroxyl groups excluding tert-OH is 1. The van der Waals surface area contributed by atoms with Gasteiger partial charge in [0.05, 0.1) is 6.10 Å². The normalized spacial score (nSPS) is 16.2. The molecule has 0 bridgehead atoms. The summed E-state index contributed by atoms with van der Waals surface area (Å²) in [5.41, 5.74) is 8.34. The second kappa shape index (κ2) is 7.88. The Bertz CT molecular complexity index is 362. The fourth-order valence-electron chi connectivity index (χ4n) is 2.25. The predicted octanol–water partition coefficient (Wildman–Crippen LogP) is 3.33. The first-order valence-electron chi connectivity index (χ1n) is 7.01. The Morgan fingerprint density at radius 1 is 1.05 bits per heavy atom. The maximum atomic E-state index is 8.98. The second-order valence-electron chi connectivity index (χ2n) is 7.10. The maximum Gasteiger partial charge on any atom is 0.326 e. The zero-order valence-electron chi connectivity index (χ0n) is 14.4. The topological polar surface area (TPSA) is 96.7 Å². The summed E-state index contributed by atoms with van der Waals surface area (Å²) in [6.07, 6.45) is -0.463. The minimum Gasteiger partial charge on any atom is -0.436 e. The van der Waals surface area contributed by atoms with E-state index in [9.17, 15) is 0 Å². The van der Waals surface area contributed by atoms with Crippen molar-refractivity contribution in [2.75, 3.05) is 6.79 Å². The highest BCUT2D eigenvalue weighted by molar-refractivity contribution is 6.88. The van der Waals surface area contributed by atoms with Crippen LogP contribution in [0.1, 0.15) is 6.92 Å². The van der Waals surface area contributed by atoms with Crippen molar-refractivity contribution in [2.24, 2.45) is 5.11 Å². The summed E-state index contributed by atoms with van der Waals surface area (Å²) >= 11 is 0. The second-order valence-corrected chi connectivity index (χ2v) is 19.8. The molecular weight excluding hydrogens is 322 g/mol. The largest absolute Gasteiger partial charge is 0.436 e. The summed E-state index contributed by atoms with van der Waals surface area (Å²) < 4.78 is 17.9. The van der Waals surface area contributed by atoms with Crippen LogP contribution in [0, 0.1) is 0 Å². The van der Waals surface area contributed by atoms with Crippen molar-refractivity contribution < 1.29 is 18.1 Å². The fourth-order valence-corrected chi connectivity index (χ4v) is 14.7. The van der Waals surface area contributed by atoms with Gasteiger partial charge in [0.25, 0.3) is 0 Å². The van der Waals surface area contributed by atoms with E-state index in [4.69, 9.17) is 23.6 Å². The van der Waals surface area contributed by atoms with Crippen molar-refractivity contribution in [1.29, 1.82) is 0 Å². The summed E-state index contributed by atoms with van der Waals surface area (Å²) in [5, 5.41) is 12.9. The van der Waals surface area contributed by atoms with Gasteiger partial charge in [-0.2, -0.15) is 0 Å². The van der Waals surface area contributed by atoms with Crippen LogP contribution < -0.4 is 0 Å². The monoisotopic (exact) mass is 351 g/mol. The van der Waals surface area contributed by atoms with E-state index in [2.05, 4.69) is 49.3 Å². The van der Waals surface area contributed by atoms with Gasteiger partial charge in [0, 0.05) is 4.91 Å². The molecule has 2 atom stereocenters. The van der Waals surface area contributed by atoms with Gasteiger partial charge in [-0.1, -0.05) is 5.11 Å². The van der Waals surface area contributed by atoms with E-state index in [0.29, 0.717) is 0 Å². The van der Waals surface area contributed by atoms with Crippen LogP contribution >= 0.6 is 0 Å². The van der Waals surface area contributed by atoms with Crippen molar-refractivity contribution in [2.45, 2.75) is 64.5 Å². The molecule has 21 heavy (non-hydrogen) atoms. The van der Waals surface area contributed by atoms with Crippen molar-refractivity contribution in [3.8, 4) is 0 Å². The lowest BCUT2D eigenvalue weighted by molar-refractivity contribution is -0.0463. The van der Waals surface area contributed by atoms with Crippen molar-refractivity contribution in [3.63, 3.8) is 0 Å². The molecule has 10 heteroatoms. The van der Waals surface area contributed by atoms with E-state index in [1.54, 1.807) is 6.92 Å². The van der Waals surface area contributed by atoms with Crippen LogP contribution in [-0.4, -0.2) is 48.9 Å². The van der Waals surface area contributed by atoms with Gasteiger partial charge in [0.1, 0.15) is 12.5 Å². The molecule has 0 fully saturated rings. The van der Waals surface area contributed by atoms with E-state index < -0.39 is 43.8 Å². The highest BCUT2D eigenvalue weighted by Crippen LogP contribution is 2.28. The molecule has 0 aliphatic heterocycles. The maximum absolute atomic E-state index is 8.98. The predicted molar refractivity (Wildman–Crippen MR) is 91.0 cm³/mol. The number of hydrogen-bond acceptors (Lipinski definition) is 5. The smallest absolute Gasteiger partial charge is 0.326 e.